The SMILES string of the molecule is C=CCOc1cc(OC)ccc1C(=O)NC(Cc1ccccc1)C(=O)N[C@@H](CCC(=O)N(CC=C)Cc1ccc(OC)cc1)C(=O)OC. The number of amides is 3. The smallest absolute Gasteiger partial charge is 0.328 e. The van der Waals surface area contributed by atoms with Crippen molar-refractivity contribution in [3.63, 3.8) is 0 Å². The van der Waals surface area contributed by atoms with Gasteiger partial charge in [0, 0.05) is 32.0 Å². The summed E-state index contributed by atoms with van der Waals surface area (Å²) in [4.78, 5) is 55.0. The second-order valence-electron chi connectivity index (χ2n) is 10.7. The fourth-order valence-corrected chi connectivity index (χ4v) is 4.83. The van der Waals surface area contributed by atoms with E-state index in [1.807, 2.05) is 54.6 Å². The van der Waals surface area contributed by atoms with Gasteiger partial charge in [0.15, 0.2) is 0 Å². The van der Waals surface area contributed by atoms with Gasteiger partial charge in [0.05, 0.1) is 26.9 Å². The van der Waals surface area contributed by atoms with Gasteiger partial charge in [-0.05, 0) is 41.8 Å². The number of carbonyl (C=O) groups excluding carboxylic acids is 4. The molecule has 3 aromatic carbocycles. The third-order valence-electron chi connectivity index (χ3n) is 7.38. The molecule has 1 unspecified atom stereocenters. The summed E-state index contributed by atoms with van der Waals surface area (Å²) in [6, 6.07) is 18.9. The molecule has 11 nitrogen and oxygen atoms in total. The van der Waals surface area contributed by atoms with Crippen molar-refractivity contribution in [3.8, 4) is 17.2 Å². The topological polar surface area (TPSA) is 132 Å². The highest BCUT2D eigenvalue weighted by Crippen LogP contribution is 2.25. The molecule has 2 N–H and O–H groups in total. The Kier molecular flexibility index (Phi) is 14.7. The van der Waals surface area contributed by atoms with Gasteiger partial charge in [-0.25, -0.2) is 4.79 Å². The fraction of sp³-hybridized carbons (Fsp3) is 0.297. The molecule has 0 aliphatic heterocycles. The van der Waals surface area contributed by atoms with Gasteiger partial charge in [0.1, 0.15) is 35.9 Å². The Morgan fingerprint density at radius 3 is 2.12 bits per heavy atom. The minimum absolute atomic E-state index is 0.0302. The molecule has 0 fully saturated rings. The summed E-state index contributed by atoms with van der Waals surface area (Å²) >= 11 is 0. The summed E-state index contributed by atoms with van der Waals surface area (Å²) in [5.74, 6) is -0.736. The first kappa shape index (κ1) is 36.9. The molecule has 0 bridgehead atoms. The highest BCUT2D eigenvalue weighted by molar-refractivity contribution is 6.00. The maximum Gasteiger partial charge on any atom is 0.328 e. The van der Waals surface area contributed by atoms with E-state index in [1.165, 1.54) is 20.3 Å². The van der Waals surface area contributed by atoms with Gasteiger partial charge in [-0.1, -0.05) is 61.2 Å². The van der Waals surface area contributed by atoms with Gasteiger partial charge in [0.25, 0.3) is 5.91 Å². The lowest BCUT2D eigenvalue weighted by atomic mass is 10.0. The van der Waals surface area contributed by atoms with E-state index in [0.717, 1.165) is 11.1 Å². The molecule has 0 heterocycles. The maximum absolute atomic E-state index is 13.8. The molecule has 0 saturated carbocycles. The third kappa shape index (κ3) is 11.0. The third-order valence-corrected chi connectivity index (χ3v) is 7.38. The van der Waals surface area contributed by atoms with Crippen molar-refractivity contribution < 1.29 is 38.1 Å². The number of hydrogen-bond donors (Lipinski definition) is 2. The molecule has 11 heteroatoms. The molecule has 48 heavy (non-hydrogen) atoms. The van der Waals surface area contributed by atoms with Crippen molar-refractivity contribution in [2.24, 2.45) is 0 Å². The zero-order valence-corrected chi connectivity index (χ0v) is 27.6. The zero-order chi connectivity index (χ0) is 34.9. The van der Waals surface area contributed by atoms with E-state index in [1.54, 1.807) is 36.3 Å². The molecule has 0 aliphatic rings. The van der Waals surface area contributed by atoms with Gasteiger partial charge < -0.3 is 34.5 Å². The standard InChI is InChI=1S/C37H43N3O8/c1-6-21-40(25-27-13-15-28(45-3)16-14-27)34(41)20-19-31(37(44)47-5)38-36(43)32(23-26-11-9-8-10-12-26)39-35(42)30-18-17-29(46-4)24-33(30)48-22-7-2/h6-18,24,31-32H,1-2,19-23,25H2,3-5H3,(H,38,43)(H,39,42)/t31-,32?/m0/s1. The van der Waals surface area contributed by atoms with Gasteiger partial charge in [-0.15, -0.1) is 6.58 Å². The summed E-state index contributed by atoms with van der Waals surface area (Å²) < 4.78 is 21.1. The highest BCUT2D eigenvalue weighted by Gasteiger charge is 2.29. The van der Waals surface area contributed by atoms with Crippen molar-refractivity contribution in [1.29, 1.82) is 0 Å². The average Bonchev–Trinajstić information content (AvgIpc) is 3.11. The number of nitrogens with one attached hydrogen (secondary N) is 2. The number of carbonyl (C=O) groups is 4. The molecule has 0 aromatic heterocycles. The van der Waals surface area contributed by atoms with Crippen molar-refractivity contribution in [2.45, 2.75) is 37.9 Å². The lowest BCUT2D eigenvalue weighted by molar-refractivity contribution is -0.145. The van der Waals surface area contributed by atoms with Crippen molar-refractivity contribution in [1.82, 2.24) is 15.5 Å². The summed E-state index contributed by atoms with van der Waals surface area (Å²) in [5, 5.41) is 5.49. The first-order valence-corrected chi connectivity index (χ1v) is 15.4. The summed E-state index contributed by atoms with van der Waals surface area (Å²) in [5.41, 5.74) is 1.84. The van der Waals surface area contributed by atoms with Crippen LogP contribution in [0, 0.1) is 0 Å². The fourth-order valence-electron chi connectivity index (χ4n) is 4.83. The van der Waals surface area contributed by atoms with E-state index in [9.17, 15) is 19.2 Å². The molecule has 0 aliphatic carbocycles. The maximum atomic E-state index is 13.8. The number of ether oxygens (including phenoxy) is 4. The molecular weight excluding hydrogens is 614 g/mol. The summed E-state index contributed by atoms with van der Waals surface area (Å²) in [6.07, 6.45) is 3.20. The minimum Gasteiger partial charge on any atom is -0.497 e. The monoisotopic (exact) mass is 657 g/mol. The van der Waals surface area contributed by atoms with E-state index in [4.69, 9.17) is 18.9 Å². The Morgan fingerprint density at radius 1 is 0.812 bits per heavy atom. The number of rotatable bonds is 19. The largest absolute Gasteiger partial charge is 0.497 e. The molecule has 3 aromatic rings. The Bertz CT molecular complexity index is 1540. The van der Waals surface area contributed by atoms with Crippen LogP contribution >= 0.6 is 0 Å². The lowest BCUT2D eigenvalue weighted by Gasteiger charge is -2.25. The molecule has 3 amide bonds. The molecule has 0 saturated heterocycles. The second kappa shape index (κ2) is 19.2. The van der Waals surface area contributed by atoms with Crippen molar-refractivity contribution >= 4 is 23.7 Å². The predicted molar refractivity (Wildman–Crippen MR) is 182 cm³/mol. The van der Waals surface area contributed by atoms with Gasteiger partial charge >= 0.3 is 5.97 Å². The normalized spacial score (nSPS) is 11.6. The van der Waals surface area contributed by atoms with Gasteiger partial charge in [-0.3, -0.25) is 14.4 Å². The van der Waals surface area contributed by atoms with Crippen LogP contribution in [0.3, 0.4) is 0 Å². The minimum atomic E-state index is -1.15. The molecule has 3 rings (SSSR count). The Balaban J connectivity index is 1.78. The number of nitrogens with zero attached hydrogens (tertiary/aromatic N) is 1. The zero-order valence-electron chi connectivity index (χ0n) is 27.6. The van der Waals surface area contributed by atoms with Crippen LogP contribution in [0.15, 0.2) is 98.1 Å². The van der Waals surface area contributed by atoms with E-state index in [0.29, 0.717) is 18.0 Å². The molecular formula is C37H43N3O8. The number of methoxy groups -OCH3 is 3. The van der Waals surface area contributed by atoms with Crippen LogP contribution in [0.2, 0.25) is 0 Å². The van der Waals surface area contributed by atoms with E-state index < -0.39 is 29.9 Å². The second-order valence-corrected chi connectivity index (χ2v) is 10.7. The first-order chi connectivity index (χ1) is 23.2. The Labute approximate surface area is 281 Å². The summed E-state index contributed by atoms with van der Waals surface area (Å²) in [6.45, 7) is 8.16. The number of benzene rings is 3. The van der Waals surface area contributed by atoms with Crippen LogP contribution in [0.5, 0.6) is 17.2 Å². The van der Waals surface area contributed by atoms with E-state index in [2.05, 4.69) is 23.8 Å². The quantitative estimate of drug-likeness (QED) is 0.144. The van der Waals surface area contributed by atoms with Crippen LogP contribution in [0.4, 0.5) is 0 Å². The van der Waals surface area contributed by atoms with Crippen molar-refractivity contribution in [3.05, 3.63) is 115 Å². The van der Waals surface area contributed by atoms with Crippen LogP contribution < -0.4 is 24.8 Å². The van der Waals surface area contributed by atoms with Crippen LogP contribution in [-0.2, 0) is 32.1 Å². The number of esters is 1. The van der Waals surface area contributed by atoms with E-state index >= 15 is 0 Å². The predicted octanol–water partition coefficient (Wildman–Crippen LogP) is 4.26. The highest BCUT2D eigenvalue weighted by atomic mass is 16.5. The van der Waals surface area contributed by atoms with Crippen LogP contribution in [0.25, 0.3) is 0 Å². The van der Waals surface area contributed by atoms with Gasteiger partial charge in [0.2, 0.25) is 11.8 Å². The van der Waals surface area contributed by atoms with E-state index in [-0.39, 0.29) is 49.6 Å². The first-order valence-electron chi connectivity index (χ1n) is 15.4. The van der Waals surface area contributed by atoms with Crippen LogP contribution in [-0.4, -0.2) is 75.2 Å². The number of hydrogen-bond acceptors (Lipinski definition) is 8. The van der Waals surface area contributed by atoms with Crippen LogP contribution in [0.1, 0.15) is 34.3 Å². The van der Waals surface area contributed by atoms with Crippen molar-refractivity contribution in [2.75, 3.05) is 34.5 Å². The summed E-state index contributed by atoms with van der Waals surface area (Å²) in [7, 11) is 4.28. The average molecular weight is 658 g/mol. The molecule has 0 spiro atoms. The molecule has 0 radical (unpaired) electrons. The molecule has 2 atom stereocenters. The Morgan fingerprint density at radius 2 is 1.50 bits per heavy atom. The lowest BCUT2D eigenvalue weighted by Crippen LogP contribution is -2.53. The van der Waals surface area contributed by atoms with Gasteiger partial charge in [-0.2, -0.15) is 0 Å². The Hall–Kier alpha value is -5.58. The molecule has 254 valence electrons.